The van der Waals surface area contributed by atoms with Gasteiger partial charge in [0.15, 0.2) is 0 Å². The van der Waals surface area contributed by atoms with E-state index in [4.69, 9.17) is 4.98 Å². The maximum Gasteiger partial charge on any atom is 0.0816 e. The Morgan fingerprint density at radius 3 is 2.08 bits per heavy atom. The molecule has 0 aliphatic carbocycles. The van der Waals surface area contributed by atoms with E-state index >= 15 is 0 Å². The summed E-state index contributed by atoms with van der Waals surface area (Å²) in [7, 11) is 0. The van der Waals surface area contributed by atoms with Crippen LogP contribution in [0.25, 0.3) is 59.8 Å². The largest absolute Gasteiger partial charge is 0.308 e. The van der Waals surface area contributed by atoms with Gasteiger partial charge >= 0.3 is 0 Å². The van der Waals surface area contributed by atoms with Gasteiger partial charge < -0.3 is 4.57 Å². The number of aromatic nitrogens is 4. The van der Waals surface area contributed by atoms with Crippen molar-refractivity contribution in [1.82, 2.24) is 19.5 Å². The molecule has 5 aromatic heterocycles. The lowest BCUT2D eigenvalue weighted by molar-refractivity contribution is 1.18. The molecule has 2 aromatic carbocycles. The van der Waals surface area contributed by atoms with E-state index in [1.807, 2.05) is 42.9 Å². The zero-order valence-electron chi connectivity index (χ0n) is 19.2. The lowest BCUT2D eigenvalue weighted by Crippen LogP contribution is -1.93. The van der Waals surface area contributed by atoms with Crippen molar-refractivity contribution in [3.63, 3.8) is 0 Å². The summed E-state index contributed by atoms with van der Waals surface area (Å²) in [6.07, 6.45) is 7.41. The van der Waals surface area contributed by atoms with Gasteiger partial charge in [0.1, 0.15) is 0 Å². The third-order valence-corrected chi connectivity index (χ3v) is 7.65. The molecule has 0 spiro atoms. The molecule has 0 bridgehead atoms. The fourth-order valence-electron chi connectivity index (χ4n) is 4.84. The minimum absolute atomic E-state index is 0.914. The number of rotatable bonds is 4. The Hall–Kier alpha value is -4.61. The third kappa shape index (κ3) is 3.33. The van der Waals surface area contributed by atoms with Crippen molar-refractivity contribution in [2.45, 2.75) is 0 Å². The predicted octanol–water partition coefficient (Wildman–Crippen LogP) is 8.03. The van der Waals surface area contributed by atoms with E-state index in [1.54, 1.807) is 17.5 Å². The fraction of sp³-hybridized carbons (Fsp3) is 0. The van der Waals surface area contributed by atoms with Gasteiger partial charge in [0.25, 0.3) is 0 Å². The number of para-hydroxylation sites is 2. The van der Waals surface area contributed by atoms with Crippen LogP contribution in [0.15, 0.2) is 122 Å². The van der Waals surface area contributed by atoms with Gasteiger partial charge in [-0.15, -0.1) is 11.3 Å². The zero-order chi connectivity index (χ0) is 23.9. The smallest absolute Gasteiger partial charge is 0.0816 e. The molecule has 0 amide bonds. The molecule has 0 N–H and O–H groups in total. The molecule has 0 saturated carbocycles. The highest BCUT2D eigenvalue weighted by molar-refractivity contribution is 7.21. The maximum atomic E-state index is 5.10. The molecule has 0 fully saturated rings. The number of nitrogens with zero attached hydrogens (tertiary/aromatic N) is 4. The van der Waals surface area contributed by atoms with Crippen LogP contribution >= 0.6 is 11.3 Å². The molecule has 5 heterocycles. The highest BCUT2D eigenvalue weighted by atomic mass is 32.1. The van der Waals surface area contributed by atoms with Crippen LogP contribution in [0.3, 0.4) is 0 Å². The van der Waals surface area contributed by atoms with Gasteiger partial charge in [0.05, 0.1) is 32.2 Å². The summed E-state index contributed by atoms with van der Waals surface area (Å²) in [4.78, 5) is 16.2. The molecule has 36 heavy (non-hydrogen) atoms. The molecular weight excluding hydrogens is 460 g/mol. The molecule has 0 saturated heterocycles. The van der Waals surface area contributed by atoms with E-state index < -0.39 is 0 Å². The molecule has 0 aliphatic heterocycles. The topological polar surface area (TPSA) is 43.6 Å². The van der Waals surface area contributed by atoms with E-state index in [0.717, 1.165) is 33.1 Å². The first-order valence-electron chi connectivity index (χ1n) is 11.8. The van der Waals surface area contributed by atoms with Crippen LogP contribution in [-0.4, -0.2) is 19.5 Å². The highest BCUT2D eigenvalue weighted by Crippen LogP contribution is 2.48. The molecule has 4 nitrogen and oxygen atoms in total. The van der Waals surface area contributed by atoms with Gasteiger partial charge in [-0.25, -0.2) is 4.98 Å². The third-order valence-electron chi connectivity index (χ3n) is 6.40. The Bertz CT molecular complexity index is 1820. The summed E-state index contributed by atoms with van der Waals surface area (Å²) in [5.74, 6) is 0. The molecular formula is C31H20N4S. The van der Waals surface area contributed by atoms with Crippen LogP contribution in [0.1, 0.15) is 0 Å². The highest BCUT2D eigenvalue weighted by Gasteiger charge is 2.24. The Morgan fingerprint density at radius 1 is 0.583 bits per heavy atom. The van der Waals surface area contributed by atoms with Crippen molar-refractivity contribution >= 4 is 33.1 Å². The SMILES string of the molecule is c1ccc(-n2c3ccccc3c3c(-c4cccc(-c5cccnc5)n4)sc(-c4cccnc4)c32)cc1. The average molecular weight is 481 g/mol. The summed E-state index contributed by atoms with van der Waals surface area (Å²) in [6.45, 7) is 0. The van der Waals surface area contributed by atoms with Crippen LogP contribution in [0.2, 0.25) is 0 Å². The first-order valence-corrected chi connectivity index (χ1v) is 12.6. The van der Waals surface area contributed by atoms with E-state index in [0.29, 0.717) is 0 Å². The average Bonchev–Trinajstić information content (AvgIpc) is 3.51. The molecule has 5 heteroatoms. The number of thiophene rings is 1. The summed E-state index contributed by atoms with van der Waals surface area (Å²) in [6, 6.07) is 33.5. The predicted molar refractivity (Wildman–Crippen MR) is 148 cm³/mol. The minimum atomic E-state index is 0.914. The molecule has 0 radical (unpaired) electrons. The van der Waals surface area contributed by atoms with E-state index in [9.17, 15) is 0 Å². The standard InChI is InChI=1S/C31H20N4S/c1-2-11-23(12-3-1)35-27-16-5-4-13-24(27)28-29(35)30(22-10-8-18-33-20-22)36-31(28)26-15-6-14-25(34-26)21-9-7-17-32-19-21/h1-20H. The molecule has 0 aliphatic rings. The Balaban J connectivity index is 1.59. The van der Waals surface area contributed by atoms with Crippen molar-refractivity contribution in [2.24, 2.45) is 0 Å². The van der Waals surface area contributed by atoms with Crippen molar-refractivity contribution in [1.29, 1.82) is 0 Å². The second kappa shape index (κ2) is 8.56. The number of fused-ring (bicyclic) bond motifs is 3. The Kier molecular flexibility index (Phi) is 4.93. The van der Waals surface area contributed by atoms with Crippen molar-refractivity contribution < 1.29 is 0 Å². The molecule has 170 valence electrons. The first kappa shape index (κ1) is 20.7. The summed E-state index contributed by atoms with van der Waals surface area (Å²) < 4.78 is 2.37. The molecule has 7 aromatic rings. The normalized spacial score (nSPS) is 11.3. The van der Waals surface area contributed by atoms with Crippen LogP contribution < -0.4 is 0 Å². The fourth-order valence-corrected chi connectivity index (χ4v) is 6.10. The molecule has 0 unspecified atom stereocenters. The lowest BCUT2D eigenvalue weighted by atomic mass is 10.1. The van der Waals surface area contributed by atoms with Gasteiger partial charge in [-0.05, 0) is 48.5 Å². The van der Waals surface area contributed by atoms with Gasteiger partial charge in [0, 0.05) is 52.4 Å². The lowest BCUT2D eigenvalue weighted by Gasteiger charge is -2.08. The van der Waals surface area contributed by atoms with E-state index in [1.165, 1.54) is 26.7 Å². The second-order valence-electron chi connectivity index (χ2n) is 8.56. The van der Waals surface area contributed by atoms with Crippen molar-refractivity contribution in [3.8, 4) is 38.0 Å². The molecule has 0 atom stereocenters. The summed E-state index contributed by atoms with van der Waals surface area (Å²) in [5.41, 5.74) is 7.47. The maximum absolute atomic E-state index is 5.10. The Morgan fingerprint density at radius 2 is 1.31 bits per heavy atom. The number of hydrogen-bond donors (Lipinski definition) is 0. The van der Waals surface area contributed by atoms with Crippen LogP contribution in [0.5, 0.6) is 0 Å². The van der Waals surface area contributed by atoms with Gasteiger partial charge in [-0.3, -0.25) is 9.97 Å². The van der Waals surface area contributed by atoms with Crippen LogP contribution in [-0.2, 0) is 0 Å². The second-order valence-corrected chi connectivity index (χ2v) is 9.58. The van der Waals surface area contributed by atoms with Crippen LogP contribution in [0, 0.1) is 0 Å². The van der Waals surface area contributed by atoms with Gasteiger partial charge in [-0.2, -0.15) is 0 Å². The first-order chi connectivity index (χ1) is 17.9. The van der Waals surface area contributed by atoms with Crippen LogP contribution in [0.4, 0.5) is 0 Å². The van der Waals surface area contributed by atoms with E-state index in [-0.39, 0.29) is 0 Å². The Labute approximate surface area is 212 Å². The summed E-state index contributed by atoms with van der Waals surface area (Å²) in [5, 5.41) is 2.43. The van der Waals surface area contributed by atoms with Crippen molar-refractivity contribution in [2.75, 3.05) is 0 Å². The number of pyridine rings is 3. The quantitative estimate of drug-likeness (QED) is 0.256. The number of benzene rings is 2. The number of hydrogen-bond acceptors (Lipinski definition) is 4. The summed E-state index contributed by atoms with van der Waals surface area (Å²) >= 11 is 1.77. The van der Waals surface area contributed by atoms with Gasteiger partial charge in [-0.1, -0.05) is 48.5 Å². The molecule has 7 rings (SSSR count). The minimum Gasteiger partial charge on any atom is -0.308 e. The van der Waals surface area contributed by atoms with E-state index in [2.05, 4.69) is 87.3 Å². The zero-order valence-corrected chi connectivity index (χ0v) is 20.1. The van der Waals surface area contributed by atoms with Gasteiger partial charge in [0.2, 0.25) is 0 Å². The van der Waals surface area contributed by atoms with Crippen molar-refractivity contribution in [3.05, 3.63) is 122 Å². The monoisotopic (exact) mass is 480 g/mol.